The molecule has 0 radical (unpaired) electrons. The highest BCUT2D eigenvalue weighted by Crippen LogP contribution is 2.11. The van der Waals surface area contributed by atoms with Gasteiger partial charge < -0.3 is 9.84 Å². The lowest BCUT2D eigenvalue weighted by atomic mass is 10.2. The second kappa shape index (κ2) is 6.37. The zero-order chi connectivity index (χ0) is 11.9. The fraction of sp³-hybridized carbons (Fsp3) is 0.308. The van der Waals surface area contributed by atoms with E-state index < -0.39 is 0 Å². The molecule has 1 N–H and O–H groups in total. The summed E-state index contributed by atoms with van der Waals surface area (Å²) in [6.07, 6.45) is 2.60. The van der Waals surface area contributed by atoms with E-state index in [-0.39, 0.29) is 6.10 Å². The van der Waals surface area contributed by atoms with Crippen LogP contribution in [0.3, 0.4) is 0 Å². The van der Waals surface area contributed by atoms with Crippen LogP contribution in [-0.4, -0.2) is 22.8 Å². The number of hydrogen-bond donors (Lipinski definition) is 1. The Morgan fingerprint density at radius 2 is 2.12 bits per heavy atom. The molecule has 0 aliphatic rings. The van der Waals surface area contributed by atoms with Gasteiger partial charge in [-0.1, -0.05) is 18.2 Å². The normalized spacial score (nSPS) is 12.3. The zero-order valence-corrected chi connectivity index (χ0v) is 10.3. The van der Waals surface area contributed by atoms with Crippen LogP contribution in [0, 0.1) is 0 Å². The first-order valence-corrected chi connectivity index (χ1v) is 6.47. The molecule has 0 fully saturated rings. The van der Waals surface area contributed by atoms with Crippen molar-refractivity contribution in [1.29, 1.82) is 0 Å². The highest BCUT2D eigenvalue weighted by atomic mass is 32.1. The third-order valence-electron chi connectivity index (χ3n) is 2.36. The number of hydrogen-bond acceptors (Lipinski definition) is 4. The Kier molecular flexibility index (Phi) is 4.53. The number of nitrogens with zero attached hydrogens (tertiary/aromatic N) is 1. The van der Waals surface area contributed by atoms with Gasteiger partial charge in [0.25, 0.3) is 0 Å². The SMILES string of the molecule is OC(CCOc1ccccc1)Cc1nccs1. The van der Waals surface area contributed by atoms with Crippen molar-refractivity contribution in [3.8, 4) is 5.75 Å². The van der Waals surface area contributed by atoms with E-state index >= 15 is 0 Å². The molecular formula is C13H15NO2S. The summed E-state index contributed by atoms with van der Waals surface area (Å²) in [7, 11) is 0. The summed E-state index contributed by atoms with van der Waals surface area (Å²) >= 11 is 1.57. The van der Waals surface area contributed by atoms with Crippen LogP contribution in [0.2, 0.25) is 0 Å². The number of rotatable bonds is 6. The molecule has 0 bridgehead atoms. The first-order chi connectivity index (χ1) is 8.34. The topological polar surface area (TPSA) is 42.4 Å². The number of aliphatic hydroxyl groups is 1. The van der Waals surface area contributed by atoms with Crippen molar-refractivity contribution in [3.05, 3.63) is 46.9 Å². The highest BCUT2D eigenvalue weighted by molar-refractivity contribution is 7.09. The molecule has 2 aromatic rings. The molecule has 0 aliphatic heterocycles. The van der Waals surface area contributed by atoms with E-state index in [9.17, 15) is 5.11 Å². The maximum Gasteiger partial charge on any atom is 0.119 e. The molecule has 1 aromatic heterocycles. The Labute approximate surface area is 105 Å². The van der Waals surface area contributed by atoms with Crippen LogP contribution in [0.25, 0.3) is 0 Å². The lowest BCUT2D eigenvalue weighted by Gasteiger charge is -2.10. The van der Waals surface area contributed by atoms with E-state index in [1.165, 1.54) is 0 Å². The summed E-state index contributed by atoms with van der Waals surface area (Å²) < 4.78 is 5.52. The monoisotopic (exact) mass is 249 g/mol. The molecule has 90 valence electrons. The first kappa shape index (κ1) is 12.1. The van der Waals surface area contributed by atoms with Gasteiger partial charge in [0, 0.05) is 24.4 Å². The van der Waals surface area contributed by atoms with Gasteiger partial charge >= 0.3 is 0 Å². The Balaban J connectivity index is 1.68. The lowest BCUT2D eigenvalue weighted by Crippen LogP contribution is -2.14. The minimum Gasteiger partial charge on any atom is -0.493 e. The van der Waals surface area contributed by atoms with E-state index in [4.69, 9.17) is 4.74 Å². The molecule has 1 heterocycles. The fourth-order valence-corrected chi connectivity index (χ4v) is 2.18. The minimum atomic E-state index is -0.384. The summed E-state index contributed by atoms with van der Waals surface area (Å²) in [5.41, 5.74) is 0. The average molecular weight is 249 g/mol. The van der Waals surface area contributed by atoms with Crippen molar-refractivity contribution in [2.24, 2.45) is 0 Å². The summed E-state index contributed by atoms with van der Waals surface area (Å²) in [5.74, 6) is 0.842. The van der Waals surface area contributed by atoms with Gasteiger partial charge in [0.15, 0.2) is 0 Å². The number of thiazole rings is 1. The van der Waals surface area contributed by atoms with Crippen molar-refractivity contribution in [1.82, 2.24) is 4.98 Å². The smallest absolute Gasteiger partial charge is 0.119 e. The molecule has 0 spiro atoms. The third kappa shape index (κ3) is 4.17. The van der Waals surface area contributed by atoms with E-state index in [0.717, 1.165) is 10.8 Å². The maximum atomic E-state index is 9.79. The van der Waals surface area contributed by atoms with Gasteiger partial charge in [0.2, 0.25) is 0 Å². The Morgan fingerprint density at radius 3 is 2.82 bits per heavy atom. The van der Waals surface area contributed by atoms with Crippen LogP contribution in [-0.2, 0) is 6.42 Å². The van der Waals surface area contributed by atoms with Crippen LogP contribution in [0.5, 0.6) is 5.75 Å². The van der Waals surface area contributed by atoms with E-state index in [1.54, 1.807) is 17.5 Å². The van der Waals surface area contributed by atoms with Crippen LogP contribution in [0.15, 0.2) is 41.9 Å². The van der Waals surface area contributed by atoms with Gasteiger partial charge in [0.05, 0.1) is 17.7 Å². The van der Waals surface area contributed by atoms with Crippen LogP contribution < -0.4 is 4.74 Å². The van der Waals surface area contributed by atoms with Crippen molar-refractivity contribution >= 4 is 11.3 Å². The maximum absolute atomic E-state index is 9.79. The summed E-state index contributed by atoms with van der Waals surface area (Å²) in [4.78, 5) is 4.14. The van der Waals surface area contributed by atoms with Gasteiger partial charge in [-0.15, -0.1) is 11.3 Å². The molecule has 4 heteroatoms. The van der Waals surface area contributed by atoms with E-state index in [2.05, 4.69) is 4.98 Å². The summed E-state index contributed by atoms with van der Waals surface area (Å²) in [6, 6.07) is 9.63. The molecule has 3 nitrogen and oxygen atoms in total. The van der Waals surface area contributed by atoms with Crippen LogP contribution in [0.1, 0.15) is 11.4 Å². The molecule has 17 heavy (non-hydrogen) atoms. The van der Waals surface area contributed by atoms with Crippen LogP contribution in [0.4, 0.5) is 0 Å². The molecule has 0 saturated carbocycles. The number of aliphatic hydroxyl groups excluding tert-OH is 1. The second-order valence-electron chi connectivity index (χ2n) is 3.73. The van der Waals surface area contributed by atoms with E-state index in [0.29, 0.717) is 19.4 Å². The number of ether oxygens (including phenoxy) is 1. The van der Waals surface area contributed by atoms with E-state index in [1.807, 2.05) is 35.7 Å². The van der Waals surface area contributed by atoms with Crippen molar-refractivity contribution < 1.29 is 9.84 Å². The summed E-state index contributed by atoms with van der Waals surface area (Å²) in [6.45, 7) is 0.524. The quantitative estimate of drug-likeness (QED) is 0.855. The molecule has 0 amide bonds. The first-order valence-electron chi connectivity index (χ1n) is 5.59. The lowest BCUT2D eigenvalue weighted by molar-refractivity contribution is 0.139. The Morgan fingerprint density at radius 1 is 1.29 bits per heavy atom. The third-order valence-corrected chi connectivity index (χ3v) is 3.16. The number of aromatic nitrogens is 1. The van der Waals surface area contributed by atoms with Crippen molar-refractivity contribution in [2.45, 2.75) is 18.9 Å². The zero-order valence-electron chi connectivity index (χ0n) is 9.45. The number of para-hydroxylation sites is 1. The molecule has 1 aromatic carbocycles. The average Bonchev–Trinajstić information content (AvgIpc) is 2.83. The van der Waals surface area contributed by atoms with Gasteiger partial charge in [0.1, 0.15) is 5.75 Å². The van der Waals surface area contributed by atoms with Gasteiger partial charge in [-0.3, -0.25) is 0 Å². The molecule has 0 aliphatic carbocycles. The molecule has 2 rings (SSSR count). The fourth-order valence-electron chi connectivity index (χ4n) is 1.49. The predicted molar refractivity (Wildman–Crippen MR) is 68.4 cm³/mol. The highest BCUT2D eigenvalue weighted by Gasteiger charge is 2.07. The second-order valence-corrected chi connectivity index (χ2v) is 4.71. The van der Waals surface area contributed by atoms with Crippen LogP contribution >= 0.6 is 11.3 Å². The largest absolute Gasteiger partial charge is 0.493 e. The van der Waals surface area contributed by atoms with Gasteiger partial charge in [-0.2, -0.15) is 0 Å². The molecular weight excluding hydrogens is 234 g/mol. The Bertz CT molecular complexity index is 416. The molecule has 1 atom stereocenters. The van der Waals surface area contributed by atoms with Gasteiger partial charge in [-0.25, -0.2) is 4.98 Å². The standard InChI is InChI=1S/C13H15NO2S/c15-11(10-13-14-7-9-17-13)6-8-16-12-4-2-1-3-5-12/h1-5,7,9,11,15H,6,8,10H2. The molecule has 0 saturated heterocycles. The predicted octanol–water partition coefficient (Wildman–Crippen LogP) is 2.52. The molecule has 1 unspecified atom stereocenters. The Hall–Kier alpha value is -1.39. The van der Waals surface area contributed by atoms with Crippen molar-refractivity contribution in [3.63, 3.8) is 0 Å². The minimum absolute atomic E-state index is 0.384. The van der Waals surface area contributed by atoms with Crippen molar-refractivity contribution in [2.75, 3.05) is 6.61 Å². The number of benzene rings is 1. The summed E-state index contributed by atoms with van der Waals surface area (Å²) in [5, 5.41) is 12.7. The van der Waals surface area contributed by atoms with Gasteiger partial charge in [-0.05, 0) is 12.1 Å².